The highest BCUT2D eigenvalue weighted by Gasteiger charge is 2.59. The van der Waals surface area contributed by atoms with Crippen molar-refractivity contribution in [2.24, 2.45) is 0 Å². The van der Waals surface area contributed by atoms with E-state index in [0.29, 0.717) is 36.0 Å². The fourth-order valence-electron chi connectivity index (χ4n) is 7.77. The fraction of sp³-hybridized carbons (Fsp3) is 0.406. The van der Waals surface area contributed by atoms with Crippen molar-refractivity contribution in [1.82, 2.24) is 9.80 Å². The van der Waals surface area contributed by atoms with Gasteiger partial charge in [0.05, 0.1) is 37.9 Å². The van der Waals surface area contributed by atoms with Gasteiger partial charge in [0.15, 0.2) is 23.0 Å². The summed E-state index contributed by atoms with van der Waals surface area (Å²) in [6.07, 6.45) is 0.530. The largest absolute Gasteiger partial charge is 0.504 e. The maximum Gasteiger partial charge on any atom is 0.231 e. The van der Waals surface area contributed by atoms with Crippen molar-refractivity contribution in [1.29, 1.82) is 5.26 Å². The summed E-state index contributed by atoms with van der Waals surface area (Å²) < 4.78 is 24.1. The molecular weight excluding hydrogens is 522 g/mol. The number of phenols is 1. The number of likely N-dealkylation sites (N-methyl/N-ethyl adjacent to an activating group) is 1. The number of aliphatic hydroxyl groups is 1. The van der Waals surface area contributed by atoms with E-state index >= 15 is 0 Å². The van der Waals surface area contributed by atoms with Crippen molar-refractivity contribution in [3.05, 3.63) is 75.3 Å². The summed E-state index contributed by atoms with van der Waals surface area (Å²) in [5, 5.41) is 33.1. The first kappa shape index (κ1) is 26.0. The molecule has 0 saturated carbocycles. The highest BCUT2D eigenvalue weighted by atomic mass is 16.7. The number of ether oxygens (including phenoxy) is 4. The number of rotatable bonds is 5. The Morgan fingerprint density at radius 3 is 2.54 bits per heavy atom. The number of phenolic OH excluding ortho intramolecular Hbond substituents is 1. The van der Waals surface area contributed by atoms with Gasteiger partial charge in [0, 0.05) is 28.3 Å². The van der Waals surface area contributed by atoms with Crippen LogP contribution in [-0.2, 0) is 13.0 Å². The zero-order valence-corrected chi connectivity index (χ0v) is 23.5. The first-order chi connectivity index (χ1) is 19.9. The molecule has 0 aliphatic carbocycles. The minimum absolute atomic E-state index is 0.0837. The number of aryl methyl sites for hydroxylation is 1. The Morgan fingerprint density at radius 2 is 1.83 bits per heavy atom. The molecule has 212 valence electrons. The average Bonchev–Trinajstić information content (AvgIpc) is 3.54. The van der Waals surface area contributed by atoms with Crippen LogP contribution in [0.5, 0.6) is 28.7 Å². The molecule has 0 spiro atoms. The van der Waals surface area contributed by atoms with Crippen molar-refractivity contribution in [3.8, 4) is 34.8 Å². The SMILES string of the molecule is COc1c(C)cc2c(c1O)[C@H]1[C@@H]3Cc4c(OCc5ccccc5)c(C)c5c(c4[C@H](CO)N3[C@@H](C#N)C2N1C)OCO5. The van der Waals surface area contributed by atoms with Gasteiger partial charge in [-0.25, -0.2) is 0 Å². The van der Waals surface area contributed by atoms with Crippen LogP contribution in [-0.4, -0.2) is 59.7 Å². The number of hydrogen-bond donors (Lipinski definition) is 2. The minimum atomic E-state index is -0.576. The summed E-state index contributed by atoms with van der Waals surface area (Å²) in [4.78, 5) is 4.33. The van der Waals surface area contributed by atoms with Gasteiger partial charge in [-0.05, 0) is 44.0 Å². The predicted molar refractivity (Wildman–Crippen MR) is 149 cm³/mol. The maximum atomic E-state index is 11.5. The van der Waals surface area contributed by atoms with Crippen LogP contribution >= 0.6 is 0 Å². The molecule has 1 fully saturated rings. The lowest BCUT2D eigenvalue weighted by molar-refractivity contribution is -0.0642. The van der Waals surface area contributed by atoms with Crippen molar-refractivity contribution in [2.75, 3.05) is 27.6 Å². The third-order valence-electron chi connectivity index (χ3n) is 9.35. The van der Waals surface area contributed by atoms with Gasteiger partial charge in [-0.15, -0.1) is 0 Å². The van der Waals surface area contributed by atoms with Crippen LogP contribution in [0.1, 0.15) is 57.1 Å². The highest BCUT2D eigenvalue weighted by molar-refractivity contribution is 5.67. The van der Waals surface area contributed by atoms with E-state index in [9.17, 15) is 15.5 Å². The Morgan fingerprint density at radius 1 is 1.07 bits per heavy atom. The summed E-state index contributed by atoms with van der Waals surface area (Å²) >= 11 is 0. The highest BCUT2D eigenvalue weighted by Crippen LogP contribution is 2.62. The summed E-state index contributed by atoms with van der Waals surface area (Å²) in [6, 6.07) is 12.7. The molecule has 1 saturated heterocycles. The Labute approximate surface area is 239 Å². The fourth-order valence-corrected chi connectivity index (χ4v) is 7.77. The van der Waals surface area contributed by atoms with Crippen LogP contribution < -0.4 is 18.9 Å². The van der Waals surface area contributed by atoms with E-state index in [0.717, 1.165) is 38.9 Å². The van der Waals surface area contributed by atoms with Crippen LogP contribution in [0.25, 0.3) is 0 Å². The van der Waals surface area contributed by atoms with Gasteiger partial charge >= 0.3 is 0 Å². The summed E-state index contributed by atoms with van der Waals surface area (Å²) in [5.41, 5.74) is 6.18. The third-order valence-corrected chi connectivity index (χ3v) is 9.35. The van der Waals surface area contributed by atoms with Gasteiger partial charge in [-0.3, -0.25) is 9.80 Å². The number of fused-ring (bicyclic) bond motifs is 10. The molecule has 41 heavy (non-hydrogen) atoms. The lowest BCUT2D eigenvalue weighted by Crippen LogP contribution is -2.60. The summed E-state index contributed by atoms with van der Waals surface area (Å²) in [6.45, 7) is 4.12. The van der Waals surface area contributed by atoms with E-state index in [2.05, 4.69) is 15.9 Å². The Bertz CT molecular complexity index is 1590. The number of aromatic hydroxyl groups is 1. The number of nitriles is 1. The molecule has 0 amide bonds. The van der Waals surface area contributed by atoms with E-state index in [4.69, 9.17) is 18.9 Å². The molecule has 0 aromatic heterocycles. The lowest BCUT2D eigenvalue weighted by atomic mass is 9.79. The van der Waals surface area contributed by atoms with E-state index < -0.39 is 12.1 Å². The zero-order chi connectivity index (χ0) is 28.6. The monoisotopic (exact) mass is 555 g/mol. The lowest BCUT2D eigenvalue weighted by Gasteiger charge is -2.54. The first-order valence-corrected chi connectivity index (χ1v) is 13.9. The van der Waals surface area contributed by atoms with Crippen molar-refractivity contribution < 1.29 is 29.2 Å². The number of methoxy groups -OCH3 is 1. The molecule has 2 bridgehead atoms. The first-order valence-electron chi connectivity index (χ1n) is 13.9. The predicted octanol–water partition coefficient (Wildman–Crippen LogP) is 4.22. The maximum absolute atomic E-state index is 11.5. The quantitative estimate of drug-likeness (QED) is 0.479. The summed E-state index contributed by atoms with van der Waals surface area (Å²) in [7, 11) is 3.57. The molecule has 1 unspecified atom stereocenters. The van der Waals surface area contributed by atoms with Crippen LogP contribution in [0.4, 0.5) is 0 Å². The van der Waals surface area contributed by atoms with E-state index in [1.807, 2.05) is 57.3 Å². The Kier molecular flexibility index (Phi) is 6.05. The number of benzene rings is 3. The molecule has 9 heteroatoms. The zero-order valence-electron chi connectivity index (χ0n) is 23.5. The van der Waals surface area contributed by atoms with Gasteiger partial charge in [0.2, 0.25) is 6.79 Å². The summed E-state index contributed by atoms with van der Waals surface area (Å²) in [5.74, 6) is 2.52. The molecule has 4 aliphatic heterocycles. The smallest absolute Gasteiger partial charge is 0.231 e. The number of nitrogens with zero attached hydrogens (tertiary/aromatic N) is 3. The van der Waals surface area contributed by atoms with Crippen molar-refractivity contribution >= 4 is 0 Å². The molecule has 7 rings (SSSR count). The molecule has 9 nitrogen and oxygen atoms in total. The second-order valence-electron chi connectivity index (χ2n) is 11.3. The van der Waals surface area contributed by atoms with Gasteiger partial charge in [0.1, 0.15) is 18.4 Å². The standard InChI is InChI=1S/C32H33N3O6/c1-16-10-19-25(28(37)29(16)38-4)27-21-11-20-24(23(13-36)35(21)22(12-33)26(19)34(27)3)32-31(40-15-41-32)17(2)30(20)39-14-18-8-6-5-7-9-18/h5-10,21-23,26-27,36-37H,11,13-15H2,1-4H3/t21-,22-,23-,26?,27+/m0/s1. The van der Waals surface area contributed by atoms with Crippen LogP contribution in [0.15, 0.2) is 36.4 Å². The van der Waals surface area contributed by atoms with Gasteiger partial charge in [-0.1, -0.05) is 36.4 Å². The molecule has 3 aromatic carbocycles. The number of aliphatic hydroxyl groups excluding tert-OH is 1. The second kappa shape index (κ2) is 9.55. The molecule has 3 aromatic rings. The van der Waals surface area contributed by atoms with Gasteiger partial charge in [0.25, 0.3) is 0 Å². The van der Waals surface area contributed by atoms with E-state index in [1.54, 1.807) is 7.11 Å². The van der Waals surface area contributed by atoms with Crippen LogP contribution in [0.3, 0.4) is 0 Å². The third kappa shape index (κ3) is 3.51. The molecular formula is C32H33N3O6. The van der Waals surface area contributed by atoms with Crippen LogP contribution in [0.2, 0.25) is 0 Å². The topological polar surface area (TPSA) is 108 Å². The average molecular weight is 556 g/mol. The van der Waals surface area contributed by atoms with Gasteiger partial charge < -0.3 is 29.2 Å². The molecule has 5 atom stereocenters. The minimum Gasteiger partial charge on any atom is -0.504 e. The van der Waals surface area contributed by atoms with Gasteiger partial charge in [-0.2, -0.15) is 5.26 Å². The van der Waals surface area contributed by atoms with E-state index in [-0.39, 0.29) is 37.3 Å². The van der Waals surface area contributed by atoms with Crippen LogP contribution in [0, 0.1) is 25.2 Å². The number of hydrogen-bond acceptors (Lipinski definition) is 9. The number of piperazine rings is 1. The molecule has 2 N–H and O–H groups in total. The molecule has 4 heterocycles. The normalized spacial score (nSPS) is 25.7. The van der Waals surface area contributed by atoms with Crippen molar-refractivity contribution in [2.45, 2.75) is 57.1 Å². The Hall–Kier alpha value is -3.97. The second-order valence-corrected chi connectivity index (χ2v) is 11.3. The molecule has 0 radical (unpaired) electrons. The Balaban J connectivity index is 1.42. The molecule has 4 aliphatic rings. The van der Waals surface area contributed by atoms with Crippen molar-refractivity contribution in [3.63, 3.8) is 0 Å². The van der Waals surface area contributed by atoms with E-state index in [1.165, 1.54) is 0 Å².